The maximum Gasteiger partial charge on any atom is 0.140 e. The minimum absolute atomic E-state index is 0.827. The molecule has 0 fully saturated rings. The fourth-order valence-electron chi connectivity index (χ4n) is 1.03. The second-order valence-corrected chi connectivity index (χ2v) is 6.82. The zero-order valence-corrected chi connectivity index (χ0v) is 7.88. The van der Waals surface area contributed by atoms with E-state index in [1.165, 1.54) is 5.56 Å². The van der Waals surface area contributed by atoms with E-state index in [1.54, 1.807) is 0 Å². The molecule has 1 N–H and O–H groups in total. The van der Waals surface area contributed by atoms with Gasteiger partial charge in [-0.15, -0.1) is 0 Å². The van der Waals surface area contributed by atoms with Crippen LogP contribution >= 0.6 is 7.49 Å². The van der Waals surface area contributed by atoms with Gasteiger partial charge in [0.2, 0.25) is 0 Å². The molecule has 0 aliphatic heterocycles. The SMILES string of the molecule is C[P+](C)(O)Cc1ccccc1. The summed E-state index contributed by atoms with van der Waals surface area (Å²) in [6, 6.07) is 10.1. The minimum Gasteiger partial charge on any atom is -0.252 e. The van der Waals surface area contributed by atoms with Gasteiger partial charge in [-0.2, -0.15) is 0 Å². The summed E-state index contributed by atoms with van der Waals surface area (Å²) in [6.07, 6.45) is 0.827. The highest BCUT2D eigenvalue weighted by Crippen LogP contribution is 2.49. The van der Waals surface area contributed by atoms with Gasteiger partial charge >= 0.3 is 0 Å². The number of benzene rings is 1. The largest absolute Gasteiger partial charge is 0.252 e. The van der Waals surface area contributed by atoms with Gasteiger partial charge in [0.15, 0.2) is 0 Å². The quantitative estimate of drug-likeness (QED) is 0.674. The van der Waals surface area contributed by atoms with E-state index in [0.29, 0.717) is 0 Å². The number of hydrogen-bond donors (Lipinski definition) is 1. The molecule has 1 aromatic rings. The predicted molar refractivity (Wildman–Crippen MR) is 51.1 cm³/mol. The molecule has 0 aliphatic carbocycles. The molecule has 0 radical (unpaired) electrons. The van der Waals surface area contributed by atoms with Crippen LogP contribution in [0.3, 0.4) is 0 Å². The Labute approximate surface area is 68.5 Å². The lowest BCUT2D eigenvalue weighted by Gasteiger charge is -2.08. The summed E-state index contributed by atoms with van der Waals surface area (Å²) < 4.78 is 0. The summed E-state index contributed by atoms with van der Waals surface area (Å²) in [5.74, 6) is 0. The molecule has 2 heteroatoms. The highest BCUT2D eigenvalue weighted by atomic mass is 31.2. The van der Waals surface area contributed by atoms with E-state index >= 15 is 0 Å². The van der Waals surface area contributed by atoms with Gasteiger partial charge in [0.25, 0.3) is 0 Å². The van der Waals surface area contributed by atoms with Crippen molar-refractivity contribution in [3.63, 3.8) is 0 Å². The third-order valence-electron chi connectivity index (χ3n) is 1.41. The van der Waals surface area contributed by atoms with Gasteiger partial charge in [0.05, 0.1) is 13.3 Å². The van der Waals surface area contributed by atoms with Crippen LogP contribution in [0.4, 0.5) is 0 Å². The van der Waals surface area contributed by atoms with Crippen molar-refractivity contribution in [2.24, 2.45) is 0 Å². The second-order valence-electron chi connectivity index (χ2n) is 3.26. The summed E-state index contributed by atoms with van der Waals surface area (Å²) in [5.41, 5.74) is 1.23. The highest BCUT2D eigenvalue weighted by Gasteiger charge is 2.20. The lowest BCUT2D eigenvalue weighted by Crippen LogP contribution is -1.90. The fraction of sp³-hybridized carbons (Fsp3) is 0.333. The standard InChI is InChI=1S/C9H14OP/c1-11(2,10)8-9-6-4-3-5-7-9/h3-7,10H,8H2,1-2H3/q+1. The molecule has 0 bridgehead atoms. The Balaban J connectivity index is 2.66. The Morgan fingerprint density at radius 2 is 1.73 bits per heavy atom. The molecule has 0 saturated heterocycles. The van der Waals surface area contributed by atoms with E-state index in [4.69, 9.17) is 0 Å². The van der Waals surface area contributed by atoms with Crippen LogP contribution in [0, 0.1) is 0 Å². The molecule has 0 unspecified atom stereocenters. The van der Waals surface area contributed by atoms with Crippen LogP contribution in [0.5, 0.6) is 0 Å². The number of rotatable bonds is 2. The lowest BCUT2D eigenvalue weighted by molar-refractivity contribution is 0.611. The molecular weight excluding hydrogens is 155 g/mol. The first-order valence-electron chi connectivity index (χ1n) is 3.67. The Morgan fingerprint density at radius 3 is 2.18 bits per heavy atom. The molecule has 0 amide bonds. The highest BCUT2D eigenvalue weighted by molar-refractivity contribution is 7.68. The van der Waals surface area contributed by atoms with Crippen molar-refractivity contribution in [2.45, 2.75) is 6.16 Å². The number of hydrogen-bond acceptors (Lipinski definition) is 1. The summed E-state index contributed by atoms with van der Waals surface area (Å²) in [4.78, 5) is 9.58. The normalized spacial score (nSPS) is 11.5. The van der Waals surface area contributed by atoms with E-state index in [0.717, 1.165) is 6.16 Å². The Bertz CT molecular complexity index is 213. The molecule has 1 nitrogen and oxygen atoms in total. The van der Waals surface area contributed by atoms with E-state index in [-0.39, 0.29) is 0 Å². The topological polar surface area (TPSA) is 20.2 Å². The van der Waals surface area contributed by atoms with Gasteiger partial charge in [0, 0.05) is 0 Å². The molecule has 0 atom stereocenters. The zero-order valence-electron chi connectivity index (χ0n) is 6.99. The van der Waals surface area contributed by atoms with E-state index in [2.05, 4.69) is 12.1 Å². The van der Waals surface area contributed by atoms with Crippen molar-refractivity contribution < 1.29 is 4.89 Å². The van der Waals surface area contributed by atoms with Gasteiger partial charge in [0.1, 0.15) is 13.7 Å². The van der Waals surface area contributed by atoms with Crippen molar-refractivity contribution in [1.82, 2.24) is 0 Å². The molecule has 60 valence electrons. The van der Waals surface area contributed by atoms with Gasteiger partial charge in [-0.1, -0.05) is 30.3 Å². The monoisotopic (exact) mass is 169 g/mol. The van der Waals surface area contributed by atoms with E-state index < -0.39 is 7.49 Å². The first-order chi connectivity index (χ1) is 5.08. The summed E-state index contributed by atoms with van der Waals surface area (Å²) in [6.45, 7) is 3.86. The van der Waals surface area contributed by atoms with Gasteiger partial charge in [-0.25, -0.2) is 0 Å². The third-order valence-corrected chi connectivity index (χ3v) is 2.55. The molecule has 0 aliphatic rings. The van der Waals surface area contributed by atoms with Crippen molar-refractivity contribution in [2.75, 3.05) is 13.3 Å². The first kappa shape index (κ1) is 8.70. The first-order valence-corrected chi connectivity index (χ1v) is 6.50. The summed E-state index contributed by atoms with van der Waals surface area (Å²) >= 11 is 0. The van der Waals surface area contributed by atoms with Crippen molar-refractivity contribution >= 4 is 7.49 Å². The van der Waals surface area contributed by atoms with Crippen molar-refractivity contribution in [1.29, 1.82) is 0 Å². The maximum absolute atomic E-state index is 9.58. The van der Waals surface area contributed by atoms with Crippen molar-refractivity contribution in [3.8, 4) is 0 Å². The van der Waals surface area contributed by atoms with Crippen LogP contribution in [0.15, 0.2) is 30.3 Å². The second kappa shape index (κ2) is 3.34. The Hall–Kier alpha value is -0.390. The van der Waals surface area contributed by atoms with E-state index in [9.17, 15) is 4.89 Å². The van der Waals surface area contributed by atoms with Gasteiger partial charge in [-0.3, -0.25) is 4.89 Å². The lowest BCUT2D eigenvalue weighted by atomic mass is 10.2. The fourth-order valence-corrected chi connectivity index (χ4v) is 2.13. The summed E-state index contributed by atoms with van der Waals surface area (Å²) in [5, 5.41) is 0. The molecule has 1 rings (SSSR count). The van der Waals surface area contributed by atoms with Crippen molar-refractivity contribution in [3.05, 3.63) is 35.9 Å². The molecule has 0 heterocycles. The molecule has 0 spiro atoms. The van der Waals surface area contributed by atoms with Crippen LogP contribution in [0.2, 0.25) is 0 Å². The average molecular weight is 169 g/mol. The smallest absolute Gasteiger partial charge is 0.140 e. The van der Waals surface area contributed by atoms with Gasteiger partial charge in [-0.05, 0) is 5.56 Å². The molecule has 11 heavy (non-hydrogen) atoms. The minimum atomic E-state index is -1.64. The van der Waals surface area contributed by atoms with Crippen LogP contribution < -0.4 is 0 Å². The molecule has 0 aromatic heterocycles. The van der Waals surface area contributed by atoms with E-state index in [1.807, 2.05) is 31.5 Å². The van der Waals surface area contributed by atoms with Crippen LogP contribution in [-0.4, -0.2) is 18.2 Å². The predicted octanol–water partition coefficient (Wildman–Crippen LogP) is 2.37. The molecular formula is C9H14OP+. The summed E-state index contributed by atoms with van der Waals surface area (Å²) in [7, 11) is -1.64. The Morgan fingerprint density at radius 1 is 1.18 bits per heavy atom. The van der Waals surface area contributed by atoms with Crippen LogP contribution in [0.1, 0.15) is 5.56 Å². The zero-order chi connectivity index (χ0) is 8.32. The molecule has 1 aromatic carbocycles. The van der Waals surface area contributed by atoms with Crippen LogP contribution in [0.25, 0.3) is 0 Å². The molecule has 0 saturated carbocycles. The van der Waals surface area contributed by atoms with Crippen LogP contribution in [-0.2, 0) is 6.16 Å². The maximum atomic E-state index is 9.58. The Kier molecular flexibility index (Phi) is 2.64. The third kappa shape index (κ3) is 3.50. The average Bonchev–Trinajstić information content (AvgIpc) is 1.85. The van der Waals surface area contributed by atoms with Gasteiger partial charge < -0.3 is 0 Å².